The molecular weight excluding hydrogens is 580 g/mol. The number of piperazine rings is 1. The number of amides is 2. The molecule has 1 aromatic carbocycles. The zero-order valence-corrected chi connectivity index (χ0v) is 23.1. The van der Waals surface area contributed by atoms with Crippen LogP contribution in [-0.4, -0.2) is 109 Å². The average Bonchev–Trinajstić information content (AvgIpc) is 3.54. The smallest absolute Gasteiger partial charge is 0.320 e. The summed E-state index contributed by atoms with van der Waals surface area (Å²) in [7, 11) is -2.75. The normalized spacial score (nSPS) is 17.6. The number of halogens is 4. The van der Waals surface area contributed by atoms with Gasteiger partial charge in [0.2, 0.25) is 15.2 Å². The van der Waals surface area contributed by atoms with Crippen molar-refractivity contribution < 1.29 is 35.5 Å². The minimum atomic E-state index is -4.06. The van der Waals surface area contributed by atoms with Crippen LogP contribution in [0.2, 0.25) is 0 Å². The summed E-state index contributed by atoms with van der Waals surface area (Å²) in [5.41, 5.74) is 0.0151. The summed E-state index contributed by atoms with van der Waals surface area (Å²) in [5, 5.41) is 11.7. The zero-order valence-electron chi connectivity index (χ0n) is 21.4. The van der Waals surface area contributed by atoms with Crippen molar-refractivity contribution in [1.29, 1.82) is 0 Å². The quantitative estimate of drug-likeness (QED) is 0.388. The number of ether oxygens (including phenoxy) is 1. The van der Waals surface area contributed by atoms with Crippen LogP contribution in [0.25, 0.3) is 16.0 Å². The lowest BCUT2D eigenvalue weighted by molar-refractivity contribution is -0.0523. The van der Waals surface area contributed by atoms with Gasteiger partial charge in [0, 0.05) is 44.3 Å². The number of anilines is 1. The van der Waals surface area contributed by atoms with Crippen molar-refractivity contribution in [2.45, 2.75) is 30.2 Å². The molecule has 0 atom stereocenters. The number of hydrogen-bond acceptors (Lipinski definition) is 9. The fraction of sp³-hybridized carbons (Fsp3) is 0.545. The standard InChI is InChI=1S/C22H26F4N8O4S2/c1-22(11-38-12-22)30-40(36,37)13-7-15(32-3-5-33(6-4-32)21(35)31(2)10-17(23)24)14-9-27-34(16(14)8-13)20-29-28-19(39-20)18(25)26/h7-9,17-18,30H,3-6,10-12H2,1-2H3. The van der Waals surface area contributed by atoms with E-state index in [-0.39, 0.29) is 49.4 Å². The summed E-state index contributed by atoms with van der Waals surface area (Å²) in [6.45, 7) is 2.42. The number of carbonyl (C=O) groups is 1. The number of benzene rings is 1. The first kappa shape index (κ1) is 28.4. The third kappa shape index (κ3) is 5.57. The molecule has 1 N–H and O–H groups in total. The lowest BCUT2D eigenvalue weighted by Gasteiger charge is -2.39. The summed E-state index contributed by atoms with van der Waals surface area (Å²) >= 11 is 0.632. The van der Waals surface area contributed by atoms with Crippen molar-refractivity contribution in [2.75, 3.05) is 57.9 Å². The number of rotatable bonds is 8. The number of sulfonamides is 1. The highest BCUT2D eigenvalue weighted by Crippen LogP contribution is 2.34. The van der Waals surface area contributed by atoms with Gasteiger partial charge in [0.25, 0.3) is 12.9 Å². The highest BCUT2D eigenvalue weighted by atomic mass is 32.2. The van der Waals surface area contributed by atoms with Gasteiger partial charge in [-0.3, -0.25) is 0 Å². The number of nitrogens with one attached hydrogen (secondary N) is 1. The highest BCUT2D eigenvalue weighted by Gasteiger charge is 2.38. The second-order valence-electron chi connectivity index (χ2n) is 9.84. The van der Waals surface area contributed by atoms with Crippen LogP contribution in [-0.2, 0) is 14.8 Å². The summed E-state index contributed by atoms with van der Waals surface area (Å²) < 4.78 is 87.7. The molecular formula is C22H26F4N8O4S2. The Bertz CT molecular complexity index is 1500. The Hall–Kier alpha value is -3.09. The summed E-state index contributed by atoms with van der Waals surface area (Å²) in [4.78, 5) is 16.8. The van der Waals surface area contributed by atoms with Gasteiger partial charge in [0.05, 0.1) is 41.9 Å². The molecule has 0 bridgehead atoms. The third-order valence-corrected chi connectivity index (χ3v) is 9.12. The molecule has 0 aliphatic carbocycles. The van der Waals surface area contributed by atoms with Crippen LogP contribution >= 0.6 is 11.3 Å². The number of carbonyl (C=O) groups excluding carboxylic acids is 1. The Balaban J connectivity index is 1.50. The SMILES string of the molecule is CN(CC(F)F)C(=O)N1CCN(c2cc(S(=O)(=O)NC3(C)COC3)cc3c2cnn3-c2nnc(C(F)F)s2)CC1. The topological polar surface area (TPSA) is 126 Å². The monoisotopic (exact) mass is 606 g/mol. The lowest BCUT2D eigenvalue weighted by atomic mass is 10.0. The number of aromatic nitrogens is 4. The van der Waals surface area contributed by atoms with Crippen LogP contribution in [0.3, 0.4) is 0 Å². The molecule has 4 heterocycles. The fourth-order valence-electron chi connectivity index (χ4n) is 4.57. The molecule has 40 heavy (non-hydrogen) atoms. The van der Waals surface area contributed by atoms with Crippen molar-refractivity contribution in [3.8, 4) is 5.13 Å². The fourth-order valence-corrected chi connectivity index (χ4v) is 6.66. The Labute approximate surface area is 230 Å². The molecule has 2 aromatic heterocycles. The maximum absolute atomic E-state index is 13.4. The first-order valence-electron chi connectivity index (χ1n) is 12.2. The van der Waals surface area contributed by atoms with Crippen LogP contribution in [0.5, 0.6) is 0 Å². The van der Waals surface area contributed by atoms with Gasteiger partial charge < -0.3 is 19.4 Å². The first-order valence-corrected chi connectivity index (χ1v) is 14.5. The summed E-state index contributed by atoms with van der Waals surface area (Å²) in [6.07, 6.45) is -4.00. The van der Waals surface area contributed by atoms with E-state index in [0.717, 1.165) is 4.90 Å². The maximum atomic E-state index is 13.4. The molecule has 12 nitrogen and oxygen atoms in total. The van der Waals surface area contributed by atoms with Gasteiger partial charge in [-0.15, -0.1) is 10.2 Å². The Morgan fingerprint density at radius 1 is 1.18 bits per heavy atom. The van der Waals surface area contributed by atoms with Gasteiger partial charge in [-0.25, -0.2) is 40.2 Å². The van der Waals surface area contributed by atoms with Crippen molar-refractivity contribution >= 4 is 44.0 Å². The van der Waals surface area contributed by atoms with E-state index >= 15 is 0 Å². The van der Waals surface area contributed by atoms with Crippen molar-refractivity contribution in [1.82, 2.24) is 34.5 Å². The predicted octanol–water partition coefficient (Wildman–Crippen LogP) is 2.32. The molecule has 3 aromatic rings. The second kappa shape index (κ2) is 10.7. The first-order chi connectivity index (χ1) is 18.9. The van der Waals surface area contributed by atoms with Crippen LogP contribution in [0, 0.1) is 0 Å². The molecule has 2 amide bonds. The highest BCUT2D eigenvalue weighted by molar-refractivity contribution is 7.89. The van der Waals surface area contributed by atoms with Crippen LogP contribution in [0.4, 0.5) is 28.0 Å². The molecule has 5 rings (SSSR count). The van der Waals surface area contributed by atoms with E-state index in [1.54, 1.807) is 6.92 Å². The molecule has 0 saturated carbocycles. The van der Waals surface area contributed by atoms with Gasteiger partial charge >= 0.3 is 6.03 Å². The molecule has 0 unspecified atom stereocenters. The molecule has 2 aliphatic heterocycles. The van der Waals surface area contributed by atoms with E-state index in [0.29, 0.717) is 27.9 Å². The molecule has 2 aliphatic rings. The van der Waals surface area contributed by atoms with Crippen LogP contribution < -0.4 is 9.62 Å². The molecule has 2 fully saturated rings. The number of nitrogens with zero attached hydrogens (tertiary/aromatic N) is 7. The Morgan fingerprint density at radius 2 is 1.88 bits per heavy atom. The minimum Gasteiger partial charge on any atom is -0.377 e. The van der Waals surface area contributed by atoms with Gasteiger partial charge in [-0.05, 0) is 19.1 Å². The van der Waals surface area contributed by atoms with E-state index in [9.17, 15) is 30.8 Å². The maximum Gasteiger partial charge on any atom is 0.320 e. The molecule has 2 saturated heterocycles. The van der Waals surface area contributed by atoms with Crippen molar-refractivity contribution in [3.63, 3.8) is 0 Å². The van der Waals surface area contributed by atoms with Crippen molar-refractivity contribution in [2.24, 2.45) is 0 Å². The van der Waals surface area contributed by atoms with Crippen LogP contribution in [0.1, 0.15) is 18.4 Å². The van der Waals surface area contributed by atoms with E-state index in [4.69, 9.17) is 4.74 Å². The van der Waals surface area contributed by atoms with Crippen LogP contribution in [0.15, 0.2) is 23.2 Å². The van der Waals surface area contributed by atoms with E-state index in [1.807, 2.05) is 4.90 Å². The average molecular weight is 607 g/mol. The van der Waals surface area contributed by atoms with Crippen molar-refractivity contribution in [3.05, 3.63) is 23.3 Å². The minimum absolute atomic E-state index is 0.0376. The Morgan fingerprint density at radius 3 is 2.45 bits per heavy atom. The molecule has 218 valence electrons. The third-order valence-electron chi connectivity index (χ3n) is 6.60. The van der Waals surface area contributed by atoms with Gasteiger partial charge in [0.1, 0.15) is 0 Å². The van der Waals surface area contributed by atoms with Gasteiger partial charge in [0.15, 0.2) is 5.01 Å². The largest absolute Gasteiger partial charge is 0.377 e. The summed E-state index contributed by atoms with van der Waals surface area (Å²) in [5.74, 6) is 0. The molecule has 0 spiro atoms. The second-order valence-corrected chi connectivity index (χ2v) is 12.5. The van der Waals surface area contributed by atoms with E-state index in [2.05, 4.69) is 20.0 Å². The van der Waals surface area contributed by atoms with E-state index < -0.39 is 46.0 Å². The Kier molecular flexibility index (Phi) is 7.62. The van der Waals surface area contributed by atoms with E-state index in [1.165, 1.54) is 35.0 Å². The number of alkyl halides is 4. The number of fused-ring (bicyclic) bond motifs is 1. The molecule has 18 heteroatoms. The summed E-state index contributed by atoms with van der Waals surface area (Å²) in [6, 6.07) is 2.35. The zero-order chi connectivity index (χ0) is 28.8. The molecule has 0 radical (unpaired) electrons. The number of hydrogen-bond donors (Lipinski definition) is 1. The van der Waals surface area contributed by atoms with Gasteiger partial charge in [-0.1, -0.05) is 11.3 Å². The predicted molar refractivity (Wildman–Crippen MR) is 137 cm³/mol. The lowest BCUT2D eigenvalue weighted by Crippen LogP contribution is -2.59. The van der Waals surface area contributed by atoms with Gasteiger partial charge in [-0.2, -0.15) is 5.10 Å². The number of urea groups is 1.